The Labute approximate surface area is 176 Å². The molecule has 1 aromatic rings. The summed E-state index contributed by atoms with van der Waals surface area (Å²) in [5.41, 5.74) is 5.80. The number of methoxy groups -OCH3 is 1. The number of hydrogen-bond donors (Lipinski definition) is 3. The molecule has 2 aliphatic rings. The van der Waals surface area contributed by atoms with Crippen LogP contribution in [0.3, 0.4) is 0 Å². The second-order valence-corrected chi connectivity index (χ2v) is 8.80. The van der Waals surface area contributed by atoms with Crippen LogP contribution in [0.2, 0.25) is 0 Å². The first-order valence-corrected chi connectivity index (χ1v) is 10.3. The van der Waals surface area contributed by atoms with Crippen LogP contribution in [-0.4, -0.2) is 48.2 Å². The lowest BCUT2D eigenvalue weighted by molar-refractivity contribution is -0.143. The van der Waals surface area contributed by atoms with Gasteiger partial charge < -0.3 is 25.8 Å². The number of nitrogens with two attached hydrogens (primary N) is 1. The van der Waals surface area contributed by atoms with Gasteiger partial charge in [-0.15, -0.1) is 0 Å². The molecule has 0 aliphatic heterocycles. The molecule has 164 valence electrons. The normalized spacial score (nSPS) is 25.6. The summed E-state index contributed by atoms with van der Waals surface area (Å²) in [5, 5.41) is 5.66. The molecule has 0 unspecified atom stereocenters. The number of hydrogen-bond acceptors (Lipinski definition) is 6. The zero-order valence-corrected chi connectivity index (χ0v) is 17.6. The molecule has 1 aromatic heterocycles. The van der Waals surface area contributed by atoms with Crippen molar-refractivity contribution in [1.82, 2.24) is 15.6 Å². The summed E-state index contributed by atoms with van der Waals surface area (Å²) in [6, 6.07) is 2.32. The van der Waals surface area contributed by atoms with Crippen LogP contribution in [0.25, 0.3) is 0 Å². The fourth-order valence-corrected chi connectivity index (χ4v) is 4.45. The molecule has 1 spiro atoms. The lowest BCUT2D eigenvalue weighted by Crippen LogP contribution is -2.60. The van der Waals surface area contributed by atoms with Gasteiger partial charge in [0.2, 0.25) is 5.88 Å². The molecule has 4 N–H and O–H groups in total. The van der Waals surface area contributed by atoms with Crippen molar-refractivity contribution in [2.45, 2.75) is 64.1 Å². The van der Waals surface area contributed by atoms with Gasteiger partial charge in [-0.25, -0.2) is 14.6 Å². The van der Waals surface area contributed by atoms with Crippen LogP contribution in [0, 0.1) is 11.3 Å². The Morgan fingerprint density at radius 3 is 2.57 bits per heavy atom. The predicted octanol–water partition coefficient (Wildman–Crippen LogP) is 1.76. The number of nitrogens with one attached hydrogen (secondary N) is 2. The third kappa shape index (κ3) is 5.01. The molecule has 0 aromatic carbocycles. The minimum absolute atomic E-state index is 0.0116. The molecule has 2 saturated carbocycles. The maximum atomic E-state index is 12.3. The maximum absolute atomic E-state index is 12.3. The van der Waals surface area contributed by atoms with Crippen molar-refractivity contribution in [2.24, 2.45) is 17.1 Å². The summed E-state index contributed by atoms with van der Waals surface area (Å²) in [7, 11) is 1.32. The first-order chi connectivity index (χ1) is 14.2. The number of rotatable bonds is 8. The van der Waals surface area contributed by atoms with E-state index < -0.39 is 17.9 Å². The van der Waals surface area contributed by atoms with E-state index >= 15 is 0 Å². The Hall–Kier alpha value is -2.84. The van der Waals surface area contributed by atoms with Crippen LogP contribution in [0.4, 0.5) is 4.79 Å². The van der Waals surface area contributed by atoms with Gasteiger partial charge in [0.15, 0.2) is 0 Å². The van der Waals surface area contributed by atoms with E-state index in [2.05, 4.69) is 15.6 Å². The minimum atomic E-state index is -0.650. The number of pyridine rings is 1. The van der Waals surface area contributed by atoms with E-state index in [0.29, 0.717) is 6.42 Å². The minimum Gasteiger partial charge on any atom is -0.474 e. The van der Waals surface area contributed by atoms with E-state index in [1.54, 1.807) is 18.3 Å². The van der Waals surface area contributed by atoms with Crippen molar-refractivity contribution < 1.29 is 23.9 Å². The molecule has 2 fully saturated rings. The average Bonchev–Trinajstić information content (AvgIpc) is 2.63. The quantitative estimate of drug-likeness (QED) is 0.551. The Bertz CT molecular complexity index is 798. The number of primary amides is 1. The van der Waals surface area contributed by atoms with Crippen LogP contribution >= 0.6 is 0 Å². The molecule has 9 nitrogen and oxygen atoms in total. The molecular formula is C21H30N4O5. The highest BCUT2D eigenvalue weighted by molar-refractivity contribution is 5.94. The highest BCUT2D eigenvalue weighted by atomic mass is 16.5. The van der Waals surface area contributed by atoms with Crippen LogP contribution < -0.4 is 21.1 Å². The van der Waals surface area contributed by atoms with E-state index in [4.69, 9.17) is 15.2 Å². The molecule has 9 heteroatoms. The zero-order valence-electron chi connectivity index (χ0n) is 17.6. The molecule has 0 radical (unpaired) electrons. The number of esters is 1. The van der Waals surface area contributed by atoms with E-state index in [-0.39, 0.29) is 41.0 Å². The largest absolute Gasteiger partial charge is 0.474 e. The van der Waals surface area contributed by atoms with Gasteiger partial charge in [0.1, 0.15) is 17.7 Å². The zero-order chi connectivity index (χ0) is 21.9. The Kier molecular flexibility index (Phi) is 6.48. The number of amides is 3. The van der Waals surface area contributed by atoms with E-state index in [9.17, 15) is 14.4 Å². The third-order valence-electron chi connectivity index (χ3n) is 5.83. The topological polar surface area (TPSA) is 133 Å². The SMILES string of the molecule is COC(=O)[C@H](CC(C)C)NC(=O)NC1CC2(C1)CC(Oc1ncccc1C(N)=O)C2. The average molecular weight is 418 g/mol. The van der Waals surface area contributed by atoms with Crippen molar-refractivity contribution in [2.75, 3.05) is 7.11 Å². The fourth-order valence-electron chi connectivity index (χ4n) is 4.45. The molecule has 1 heterocycles. The number of carbonyl (C=O) groups is 3. The number of carbonyl (C=O) groups excluding carboxylic acids is 3. The second kappa shape index (κ2) is 8.89. The number of urea groups is 1. The first-order valence-electron chi connectivity index (χ1n) is 10.3. The summed E-state index contributed by atoms with van der Waals surface area (Å²) in [6.45, 7) is 3.97. The lowest BCUT2D eigenvalue weighted by atomic mass is 9.53. The molecule has 1 atom stereocenters. The molecular weight excluding hydrogens is 388 g/mol. The molecule has 3 amide bonds. The van der Waals surface area contributed by atoms with Crippen LogP contribution in [0.15, 0.2) is 18.3 Å². The Morgan fingerprint density at radius 2 is 1.97 bits per heavy atom. The van der Waals surface area contributed by atoms with E-state index in [0.717, 1.165) is 25.7 Å². The Balaban J connectivity index is 1.42. The van der Waals surface area contributed by atoms with E-state index in [1.165, 1.54) is 7.11 Å². The van der Waals surface area contributed by atoms with Crippen molar-refractivity contribution in [3.8, 4) is 5.88 Å². The van der Waals surface area contributed by atoms with Gasteiger partial charge in [-0.1, -0.05) is 13.8 Å². The molecule has 0 saturated heterocycles. The number of aromatic nitrogens is 1. The number of ether oxygens (including phenoxy) is 2. The highest BCUT2D eigenvalue weighted by Crippen LogP contribution is 2.56. The molecule has 0 bridgehead atoms. The van der Waals surface area contributed by atoms with E-state index in [1.807, 2.05) is 13.8 Å². The van der Waals surface area contributed by atoms with Crippen molar-refractivity contribution in [3.05, 3.63) is 23.9 Å². The van der Waals surface area contributed by atoms with Gasteiger partial charge in [0.05, 0.1) is 7.11 Å². The van der Waals surface area contributed by atoms with Gasteiger partial charge in [-0.3, -0.25) is 4.79 Å². The van der Waals surface area contributed by atoms with Crippen molar-refractivity contribution >= 4 is 17.9 Å². The molecule has 30 heavy (non-hydrogen) atoms. The smallest absolute Gasteiger partial charge is 0.328 e. The first kappa shape index (κ1) is 21.9. The highest BCUT2D eigenvalue weighted by Gasteiger charge is 2.54. The monoisotopic (exact) mass is 418 g/mol. The summed E-state index contributed by atoms with van der Waals surface area (Å²) in [4.78, 5) is 39.7. The summed E-state index contributed by atoms with van der Waals surface area (Å²) >= 11 is 0. The second-order valence-electron chi connectivity index (χ2n) is 8.80. The summed E-state index contributed by atoms with van der Waals surface area (Å²) in [5.74, 6) is -0.471. The predicted molar refractivity (Wildman–Crippen MR) is 109 cm³/mol. The van der Waals surface area contributed by atoms with Gasteiger partial charge >= 0.3 is 12.0 Å². The van der Waals surface area contributed by atoms with Crippen LogP contribution in [0.1, 0.15) is 56.3 Å². The van der Waals surface area contributed by atoms with Gasteiger partial charge in [0, 0.05) is 12.2 Å². The fraction of sp³-hybridized carbons (Fsp3) is 0.619. The third-order valence-corrected chi connectivity index (χ3v) is 5.83. The van der Waals surface area contributed by atoms with Gasteiger partial charge in [0.25, 0.3) is 5.91 Å². The summed E-state index contributed by atoms with van der Waals surface area (Å²) < 4.78 is 10.6. The lowest BCUT2D eigenvalue weighted by Gasteiger charge is -2.57. The molecule has 3 rings (SSSR count). The summed E-state index contributed by atoms with van der Waals surface area (Å²) in [6.07, 6.45) is 5.49. The van der Waals surface area contributed by atoms with Crippen molar-refractivity contribution in [1.29, 1.82) is 0 Å². The van der Waals surface area contributed by atoms with Gasteiger partial charge in [-0.05, 0) is 55.6 Å². The van der Waals surface area contributed by atoms with Crippen LogP contribution in [-0.2, 0) is 9.53 Å². The van der Waals surface area contributed by atoms with Crippen LogP contribution in [0.5, 0.6) is 5.88 Å². The Morgan fingerprint density at radius 1 is 1.27 bits per heavy atom. The number of nitrogens with zero attached hydrogens (tertiary/aromatic N) is 1. The maximum Gasteiger partial charge on any atom is 0.328 e. The molecule has 2 aliphatic carbocycles. The van der Waals surface area contributed by atoms with Crippen molar-refractivity contribution in [3.63, 3.8) is 0 Å². The standard InChI is InChI=1S/C21H30N4O5/c1-12(2)7-16(19(27)29-3)25-20(28)24-13-8-21(9-13)10-14(11-21)30-18-15(17(22)26)5-4-6-23-18/h4-6,12-14,16H,7-11H2,1-3H3,(H2,22,26)(H2,24,25,28)/t13?,14?,16-,21?/m0/s1. The van der Waals surface area contributed by atoms with Gasteiger partial charge in [-0.2, -0.15) is 0 Å².